The van der Waals surface area contributed by atoms with Gasteiger partial charge in [-0.25, -0.2) is 9.07 Å². The van der Waals surface area contributed by atoms with Crippen molar-refractivity contribution >= 4 is 5.91 Å². The Kier molecular flexibility index (Phi) is 6.31. The first kappa shape index (κ1) is 19.1. The first-order valence-corrected chi connectivity index (χ1v) is 8.60. The highest BCUT2D eigenvalue weighted by Crippen LogP contribution is 2.23. The lowest BCUT2D eigenvalue weighted by atomic mass is 10.00. The number of aromatic nitrogens is 2. The highest BCUT2D eigenvalue weighted by molar-refractivity contribution is 5.95. The fourth-order valence-electron chi connectivity index (χ4n) is 2.83. The summed E-state index contributed by atoms with van der Waals surface area (Å²) in [6, 6.07) is 5.91. The van der Waals surface area contributed by atoms with Crippen LogP contribution in [0.15, 0.2) is 30.5 Å². The molecule has 2 N–H and O–H groups in total. The number of nitrogens with zero attached hydrogens (tertiary/aromatic N) is 2. The molecule has 0 fully saturated rings. The van der Waals surface area contributed by atoms with E-state index in [-0.39, 0.29) is 36.2 Å². The predicted octanol–water partition coefficient (Wildman–Crippen LogP) is 3.27. The molecule has 1 aromatic heterocycles. The zero-order valence-corrected chi connectivity index (χ0v) is 15.2. The lowest BCUT2D eigenvalue weighted by molar-refractivity contribution is 0.0915. The Hall–Kier alpha value is -2.21. The maximum atomic E-state index is 13.2. The summed E-state index contributed by atoms with van der Waals surface area (Å²) in [5, 5.41) is 16.5. The van der Waals surface area contributed by atoms with Gasteiger partial charge in [-0.2, -0.15) is 5.10 Å². The van der Waals surface area contributed by atoms with E-state index in [9.17, 15) is 14.3 Å². The first-order chi connectivity index (χ1) is 11.8. The number of amides is 1. The van der Waals surface area contributed by atoms with Gasteiger partial charge >= 0.3 is 0 Å². The minimum Gasteiger partial charge on any atom is -0.396 e. The van der Waals surface area contributed by atoms with Crippen LogP contribution in [0, 0.1) is 11.7 Å². The molecular formula is C19H26FN3O2. The molecule has 5 nitrogen and oxygen atoms in total. The molecule has 0 saturated carbocycles. The van der Waals surface area contributed by atoms with Crippen molar-refractivity contribution in [3.05, 3.63) is 47.5 Å². The Morgan fingerprint density at radius 3 is 2.40 bits per heavy atom. The van der Waals surface area contributed by atoms with Crippen molar-refractivity contribution < 1.29 is 14.3 Å². The fourth-order valence-corrected chi connectivity index (χ4v) is 2.83. The van der Waals surface area contributed by atoms with Crippen LogP contribution >= 0.6 is 0 Å². The molecule has 25 heavy (non-hydrogen) atoms. The predicted molar refractivity (Wildman–Crippen MR) is 95.4 cm³/mol. The van der Waals surface area contributed by atoms with Gasteiger partial charge in [0.25, 0.3) is 5.91 Å². The van der Waals surface area contributed by atoms with Gasteiger partial charge in [-0.3, -0.25) is 4.79 Å². The van der Waals surface area contributed by atoms with E-state index in [1.54, 1.807) is 23.0 Å². The van der Waals surface area contributed by atoms with Crippen molar-refractivity contribution in [1.82, 2.24) is 15.1 Å². The highest BCUT2D eigenvalue weighted by atomic mass is 19.1. The zero-order valence-electron chi connectivity index (χ0n) is 15.2. The second kappa shape index (κ2) is 8.25. The maximum Gasteiger partial charge on any atom is 0.255 e. The number of halogens is 1. The van der Waals surface area contributed by atoms with Gasteiger partial charge in [0.1, 0.15) is 5.82 Å². The minimum atomic E-state index is -0.316. The smallest absolute Gasteiger partial charge is 0.255 e. The Balaban J connectivity index is 2.35. The van der Waals surface area contributed by atoms with Crippen molar-refractivity contribution in [2.45, 2.75) is 46.1 Å². The van der Waals surface area contributed by atoms with Crippen LogP contribution in [-0.2, 0) is 0 Å². The van der Waals surface area contributed by atoms with Gasteiger partial charge in [0, 0.05) is 12.6 Å². The third-order valence-corrected chi connectivity index (χ3v) is 4.23. The number of nitrogens with one attached hydrogen (secondary N) is 1. The Morgan fingerprint density at radius 2 is 1.88 bits per heavy atom. The number of hydrogen-bond donors (Lipinski definition) is 2. The number of hydrogen-bond acceptors (Lipinski definition) is 3. The SMILES string of the molecule is CC(C)c1c(C(=O)NC(CCO)C(C)C)cnn1-c1ccc(F)cc1. The Morgan fingerprint density at radius 1 is 1.24 bits per heavy atom. The molecule has 2 rings (SSSR count). The van der Waals surface area contributed by atoms with E-state index >= 15 is 0 Å². The molecule has 0 aliphatic rings. The molecule has 0 aliphatic heterocycles. The average molecular weight is 347 g/mol. The topological polar surface area (TPSA) is 67.2 Å². The summed E-state index contributed by atoms with van der Waals surface area (Å²) < 4.78 is 14.8. The van der Waals surface area contributed by atoms with Crippen molar-refractivity contribution in [3.63, 3.8) is 0 Å². The van der Waals surface area contributed by atoms with E-state index in [0.29, 0.717) is 17.7 Å². The molecule has 2 aromatic rings. The molecule has 1 aromatic carbocycles. The van der Waals surface area contributed by atoms with E-state index < -0.39 is 0 Å². The van der Waals surface area contributed by atoms with E-state index in [4.69, 9.17) is 0 Å². The van der Waals surface area contributed by atoms with Gasteiger partial charge in [-0.1, -0.05) is 27.7 Å². The number of aliphatic hydroxyl groups excluding tert-OH is 1. The summed E-state index contributed by atoms with van der Waals surface area (Å²) in [7, 11) is 0. The third kappa shape index (κ3) is 4.45. The van der Waals surface area contributed by atoms with Gasteiger partial charge in [0.2, 0.25) is 0 Å². The molecule has 0 saturated heterocycles. The summed E-state index contributed by atoms with van der Waals surface area (Å²) in [6.07, 6.45) is 2.05. The lowest BCUT2D eigenvalue weighted by Crippen LogP contribution is -2.39. The van der Waals surface area contributed by atoms with Crippen LogP contribution in [-0.4, -0.2) is 33.4 Å². The van der Waals surface area contributed by atoms with Crippen LogP contribution in [0.5, 0.6) is 0 Å². The summed E-state index contributed by atoms with van der Waals surface area (Å²) in [5.41, 5.74) is 1.98. The van der Waals surface area contributed by atoms with Gasteiger partial charge in [0.05, 0.1) is 23.1 Å². The molecule has 0 spiro atoms. The molecule has 1 amide bonds. The molecule has 1 heterocycles. The van der Waals surface area contributed by atoms with E-state index in [0.717, 1.165) is 5.69 Å². The number of aliphatic hydroxyl groups is 1. The number of carbonyl (C=O) groups excluding carboxylic acids is 1. The number of carbonyl (C=O) groups is 1. The van der Waals surface area contributed by atoms with Crippen LogP contribution in [0.4, 0.5) is 4.39 Å². The number of benzene rings is 1. The summed E-state index contributed by atoms with van der Waals surface area (Å²) in [4.78, 5) is 12.8. The van der Waals surface area contributed by atoms with Crippen LogP contribution in [0.3, 0.4) is 0 Å². The maximum absolute atomic E-state index is 13.2. The lowest BCUT2D eigenvalue weighted by Gasteiger charge is -2.22. The second-order valence-corrected chi connectivity index (χ2v) is 6.82. The monoisotopic (exact) mass is 347 g/mol. The Labute approximate surface area is 147 Å². The van der Waals surface area contributed by atoms with Crippen molar-refractivity contribution in [2.24, 2.45) is 5.92 Å². The van der Waals surface area contributed by atoms with E-state index in [2.05, 4.69) is 10.4 Å². The van der Waals surface area contributed by atoms with Crippen LogP contribution in [0.1, 0.15) is 56.1 Å². The molecular weight excluding hydrogens is 321 g/mol. The average Bonchev–Trinajstić information content (AvgIpc) is 3.00. The van der Waals surface area contributed by atoms with Gasteiger partial charge in [-0.05, 0) is 42.5 Å². The molecule has 1 atom stereocenters. The summed E-state index contributed by atoms with van der Waals surface area (Å²) in [5.74, 6) is -0.248. The molecule has 136 valence electrons. The molecule has 0 radical (unpaired) electrons. The first-order valence-electron chi connectivity index (χ1n) is 8.60. The fraction of sp³-hybridized carbons (Fsp3) is 0.474. The van der Waals surface area contributed by atoms with Gasteiger partial charge in [-0.15, -0.1) is 0 Å². The third-order valence-electron chi connectivity index (χ3n) is 4.23. The van der Waals surface area contributed by atoms with Crippen LogP contribution < -0.4 is 5.32 Å². The largest absolute Gasteiger partial charge is 0.396 e. The molecule has 0 bridgehead atoms. The van der Waals surface area contributed by atoms with E-state index in [1.807, 2.05) is 27.7 Å². The van der Waals surface area contributed by atoms with Gasteiger partial charge in [0.15, 0.2) is 0 Å². The zero-order chi connectivity index (χ0) is 18.6. The molecule has 6 heteroatoms. The summed E-state index contributed by atoms with van der Waals surface area (Å²) >= 11 is 0. The van der Waals surface area contributed by atoms with Crippen molar-refractivity contribution in [3.8, 4) is 5.69 Å². The highest BCUT2D eigenvalue weighted by Gasteiger charge is 2.23. The standard InChI is InChI=1S/C19H26FN3O2/c1-12(2)17(9-10-24)22-19(25)16-11-21-23(18(16)13(3)4)15-7-5-14(20)6-8-15/h5-8,11-13,17,24H,9-10H2,1-4H3,(H,22,25). The number of rotatable bonds is 7. The second-order valence-electron chi connectivity index (χ2n) is 6.82. The summed E-state index contributed by atoms with van der Waals surface area (Å²) in [6.45, 7) is 8.01. The normalized spacial score (nSPS) is 12.6. The molecule has 0 aliphatic carbocycles. The quantitative estimate of drug-likeness (QED) is 0.808. The van der Waals surface area contributed by atoms with Crippen molar-refractivity contribution in [2.75, 3.05) is 6.61 Å². The van der Waals surface area contributed by atoms with Gasteiger partial charge < -0.3 is 10.4 Å². The molecule has 1 unspecified atom stereocenters. The van der Waals surface area contributed by atoms with Crippen molar-refractivity contribution in [1.29, 1.82) is 0 Å². The minimum absolute atomic E-state index is 0.0228. The van der Waals surface area contributed by atoms with Crippen LogP contribution in [0.2, 0.25) is 0 Å². The van der Waals surface area contributed by atoms with E-state index in [1.165, 1.54) is 12.1 Å². The van der Waals surface area contributed by atoms with Crippen LogP contribution in [0.25, 0.3) is 5.69 Å². The Bertz CT molecular complexity index is 708.